The summed E-state index contributed by atoms with van der Waals surface area (Å²) >= 11 is 0. The van der Waals surface area contributed by atoms with Gasteiger partial charge in [0.05, 0.1) is 18.6 Å². The van der Waals surface area contributed by atoms with Crippen molar-refractivity contribution in [3.05, 3.63) is 0 Å². The third kappa shape index (κ3) is 2.74. The monoisotopic (exact) mass is 227 g/mol. The summed E-state index contributed by atoms with van der Waals surface area (Å²) in [6, 6.07) is 0. The normalized spacial score (nSPS) is 35.4. The number of hydrogen-bond acceptors (Lipinski definition) is 3. The predicted molar refractivity (Wildman–Crippen MR) is 60.0 cm³/mol. The molecule has 0 aromatic rings. The molecule has 4 nitrogen and oxygen atoms in total. The van der Waals surface area contributed by atoms with E-state index in [1.54, 1.807) is 0 Å². The van der Waals surface area contributed by atoms with E-state index in [4.69, 9.17) is 4.74 Å². The molecule has 4 heteroatoms. The molecule has 2 fully saturated rings. The number of ether oxygens (including phenoxy) is 1. The maximum absolute atomic E-state index is 12.0. The lowest BCUT2D eigenvalue weighted by atomic mass is 9.96. The van der Waals surface area contributed by atoms with Crippen LogP contribution in [0, 0.1) is 5.92 Å². The molecule has 1 amide bonds. The van der Waals surface area contributed by atoms with E-state index in [0.29, 0.717) is 25.9 Å². The average molecular weight is 227 g/mol. The van der Waals surface area contributed by atoms with Gasteiger partial charge in [-0.3, -0.25) is 4.79 Å². The summed E-state index contributed by atoms with van der Waals surface area (Å²) < 4.78 is 5.47. The highest BCUT2D eigenvalue weighted by atomic mass is 16.5. The van der Waals surface area contributed by atoms with E-state index in [0.717, 1.165) is 19.4 Å². The van der Waals surface area contributed by atoms with Crippen molar-refractivity contribution in [2.75, 3.05) is 19.7 Å². The second-order valence-electron chi connectivity index (χ2n) is 5.01. The largest absolute Gasteiger partial charge is 0.393 e. The quantitative estimate of drug-likeness (QED) is 0.758. The van der Waals surface area contributed by atoms with Crippen molar-refractivity contribution in [3.63, 3.8) is 0 Å². The molecule has 1 N–H and O–H groups in total. The molecule has 16 heavy (non-hydrogen) atoms. The van der Waals surface area contributed by atoms with Crippen LogP contribution in [0.25, 0.3) is 0 Å². The van der Waals surface area contributed by atoms with E-state index in [9.17, 15) is 9.90 Å². The number of carbonyl (C=O) groups excluding carboxylic acids is 1. The zero-order valence-corrected chi connectivity index (χ0v) is 9.89. The van der Waals surface area contributed by atoms with E-state index in [1.807, 2.05) is 11.8 Å². The van der Waals surface area contributed by atoms with Crippen molar-refractivity contribution in [2.24, 2.45) is 5.92 Å². The summed E-state index contributed by atoms with van der Waals surface area (Å²) in [6.07, 6.45) is 3.20. The van der Waals surface area contributed by atoms with Gasteiger partial charge in [-0.15, -0.1) is 0 Å². The first kappa shape index (κ1) is 11.9. The Kier molecular flexibility index (Phi) is 3.82. The molecule has 2 aliphatic rings. The van der Waals surface area contributed by atoms with E-state index >= 15 is 0 Å². The van der Waals surface area contributed by atoms with Crippen LogP contribution < -0.4 is 0 Å². The van der Waals surface area contributed by atoms with Gasteiger partial charge >= 0.3 is 0 Å². The summed E-state index contributed by atoms with van der Waals surface area (Å²) in [6.45, 7) is 4.17. The second-order valence-corrected chi connectivity index (χ2v) is 5.01. The highest BCUT2D eigenvalue weighted by Gasteiger charge is 2.29. The lowest BCUT2D eigenvalue weighted by Gasteiger charge is -2.34. The summed E-state index contributed by atoms with van der Waals surface area (Å²) in [7, 11) is 0. The van der Waals surface area contributed by atoms with E-state index in [2.05, 4.69) is 0 Å². The first-order chi connectivity index (χ1) is 7.66. The molecule has 2 aliphatic heterocycles. The highest BCUT2D eigenvalue weighted by Crippen LogP contribution is 2.20. The molecule has 0 spiro atoms. The maximum Gasteiger partial charge on any atom is 0.225 e. The maximum atomic E-state index is 12.0. The number of amides is 1. The number of aliphatic hydroxyl groups is 1. The van der Waals surface area contributed by atoms with Crippen LogP contribution in [0.2, 0.25) is 0 Å². The number of piperidine rings is 1. The van der Waals surface area contributed by atoms with Gasteiger partial charge in [-0.25, -0.2) is 0 Å². The fraction of sp³-hybridized carbons (Fsp3) is 0.917. The molecule has 3 atom stereocenters. The van der Waals surface area contributed by atoms with Gasteiger partial charge in [0, 0.05) is 19.7 Å². The van der Waals surface area contributed by atoms with Gasteiger partial charge < -0.3 is 14.7 Å². The minimum Gasteiger partial charge on any atom is -0.393 e. The standard InChI is InChI=1S/C12H21NO3/c1-9-8-13(5-4-11(9)14)12(15)7-10-3-2-6-16-10/h9-11,14H,2-8H2,1H3. The third-order valence-electron chi connectivity index (χ3n) is 3.64. The number of likely N-dealkylation sites (tertiary alicyclic amines) is 1. The van der Waals surface area contributed by atoms with Crippen molar-refractivity contribution < 1.29 is 14.6 Å². The Labute approximate surface area is 96.6 Å². The highest BCUT2D eigenvalue weighted by molar-refractivity contribution is 5.76. The zero-order chi connectivity index (χ0) is 11.5. The van der Waals surface area contributed by atoms with E-state index in [-0.39, 0.29) is 24.0 Å². The van der Waals surface area contributed by atoms with Crippen LogP contribution in [-0.4, -0.2) is 47.8 Å². The Morgan fingerprint density at radius 3 is 2.94 bits per heavy atom. The van der Waals surface area contributed by atoms with Gasteiger partial charge in [-0.05, 0) is 25.2 Å². The molecule has 0 saturated carbocycles. The number of aliphatic hydroxyl groups excluding tert-OH is 1. The summed E-state index contributed by atoms with van der Waals surface area (Å²) in [5.41, 5.74) is 0. The molecular formula is C12H21NO3. The fourth-order valence-corrected chi connectivity index (χ4v) is 2.49. The van der Waals surface area contributed by atoms with Gasteiger partial charge in [-0.1, -0.05) is 6.92 Å². The summed E-state index contributed by atoms with van der Waals surface area (Å²) in [5, 5.41) is 9.60. The van der Waals surface area contributed by atoms with Gasteiger partial charge in [0.15, 0.2) is 0 Å². The van der Waals surface area contributed by atoms with Crippen molar-refractivity contribution in [2.45, 2.75) is 44.8 Å². The lowest BCUT2D eigenvalue weighted by Crippen LogP contribution is -2.45. The molecule has 92 valence electrons. The minimum absolute atomic E-state index is 0.134. The van der Waals surface area contributed by atoms with Gasteiger partial charge in [0.1, 0.15) is 0 Å². The molecule has 0 aromatic heterocycles. The SMILES string of the molecule is CC1CN(C(=O)CC2CCCO2)CCC1O. The molecule has 2 saturated heterocycles. The second kappa shape index (κ2) is 5.15. The average Bonchev–Trinajstić information content (AvgIpc) is 2.74. The van der Waals surface area contributed by atoms with Gasteiger partial charge in [0.2, 0.25) is 5.91 Å². The predicted octanol–water partition coefficient (Wildman–Crippen LogP) is 0.785. The molecule has 0 aromatic carbocycles. The molecule has 0 bridgehead atoms. The van der Waals surface area contributed by atoms with Crippen LogP contribution in [0.4, 0.5) is 0 Å². The molecule has 0 aliphatic carbocycles. The number of carbonyl (C=O) groups is 1. The first-order valence-electron chi connectivity index (χ1n) is 6.24. The number of hydrogen-bond donors (Lipinski definition) is 1. The molecular weight excluding hydrogens is 206 g/mol. The van der Waals surface area contributed by atoms with Gasteiger partial charge in [-0.2, -0.15) is 0 Å². The molecule has 3 unspecified atom stereocenters. The van der Waals surface area contributed by atoms with Crippen molar-refractivity contribution in [3.8, 4) is 0 Å². The summed E-state index contributed by atoms with van der Waals surface area (Å²) in [4.78, 5) is 13.8. The number of rotatable bonds is 2. The molecule has 2 heterocycles. The fourth-order valence-electron chi connectivity index (χ4n) is 2.49. The van der Waals surface area contributed by atoms with Crippen LogP contribution in [0.5, 0.6) is 0 Å². The zero-order valence-electron chi connectivity index (χ0n) is 9.89. The minimum atomic E-state index is -0.244. The third-order valence-corrected chi connectivity index (χ3v) is 3.64. The molecule has 2 rings (SSSR count). The topological polar surface area (TPSA) is 49.8 Å². The Balaban J connectivity index is 1.80. The van der Waals surface area contributed by atoms with Crippen molar-refractivity contribution in [1.29, 1.82) is 0 Å². The van der Waals surface area contributed by atoms with Crippen molar-refractivity contribution in [1.82, 2.24) is 4.90 Å². The van der Waals surface area contributed by atoms with Crippen LogP contribution in [0.15, 0.2) is 0 Å². The molecule has 0 radical (unpaired) electrons. The van der Waals surface area contributed by atoms with E-state index in [1.165, 1.54) is 0 Å². The van der Waals surface area contributed by atoms with E-state index < -0.39 is 0 Å². The van der Waals surface area contributed by atoms with Crippen LogP contribution in [-0.2, 0) is 9.53 Å². The van der Waals surface area contributed by atoms with Crippen LogP contribution in [0.3, 0.4) is 0 Å². The smallest absolute Gasteiger partial charge is 0.225 e. The summed E-state index contributed by atoms with van der Waals surface area (Å²) in [5.74, 6) is 0.382. The Morgan fingerprint density at radius 1 is 1.50 bits per heavy atom. The Morgan fingerprint density at radius 2 is 2.31 bits per heavy atom. The van der Waals surface area contributed by atoms with Crippen LogP contribution in [0.1, 0.15) is 32.6 Å². The Hall–Kier alpha value is -0.610. The Bertz CT molecular complexity index is 251. The number of nitrogens with zero attached hydrogens (tertiary/aromatic N) is 1. The van der Waals surface area contributed by atoms with Gasteiger partial charge in [0.25, 0.3) is 0 Å². The van der Waals surface area contributed by atoms with Crippen LogP contribution >= 0.6 is 0 Å². The lowest BCUT2D eigenvalue weighted by molar-refractivity contribution is -0.137. The van der Waals surface area contributed by atoms with Crippen molar-refractivity contribution >= 4 is 5.91 Å². The first-order valence-corrected chi connectivity index (χ1v) is 6.24.